The summed E-state index contributed by atoms with van der Waals surface area (Å²) in [5.41, 5.74) is 1.74. The summed E-state index contributed by atoms with van der Waals surface area (Å²) in [6, 6.07) is 8.90. The van der Waals surface area contributed by atoms with Gasteiger partial charge < -0.3 is 14.8 Å². The van der Waals surface area contributed by atoms with Crippen molar-refractivity contribution in [3.05, 3.63) is 36.0 Å². The maximum absolute atomic E-state index is 11.8. The largest absolute Gasteiger partial charge is 0.497 e. The predicted molar refractivity (Wildman–Crippen MR) is 74.9 cm³/mol. The first-order valence-electron chi connectivity index (χ1n) is 6.19. The minimum atomic E-state index is -0.516. The summed E-state index contributed by atoms with van der Waals surface area (Å²) in [6.45, 7) is -0.188. The van der Waals surface area contributed by atoms with Crippen molar-refractivity contribution in [2.45, 2.75) is 0 Å². The molecule has 0 saturated carbocycles. The summed E-state index contributed by atoms with van der Waals surface area (Å²) in [6.07, 6.45) is 0. The number of benzene rings is 1. The minimum Gasteiger partial charge on any atom is -0.497 e. The molecule has 0 radical (unpaired) electrons. The van der Waals surface area contributed by atoms with Gasteiger partial charge in [-0.25, -0.2) is 0 Å². The van der Waals surface area contributed by atoms with E-state index in [9.17, 15) is 9.59 Å². The van der Waals surface area contributed by atoms with Crippen LogP contribution in [0.2, 0.25) is 0 Å². The van der Waals surface area contributed by atoms with Crippen LogP contribution in [0.1, 0.15) is 10.5 Å². The zero-order valence-corrected chi connectivity index (χ0v) is 11.7. The lowest BCUT2D eigenvalue weighted by molar-refractivity contribution is -0.139. The number of esters is 1. The number of aromatic amines is 1. The maximum Gasteiger partial charge on any atom is 0.325 e. The van der Waals surface area contributed by atoms with E-state index in [1.54, 1.807) is 25.3 Å². The molecule has 0 bridgehead atoms. The van der Waals surface area contributed by atoms with Gasteiger partial charge in [-0.3, -0.25) is 14.7 Å². The number of amides is 1. The zero-order chi connectivity index (χ0) is 15.2. The van der Waals surface area contributed by atoms with Crippen molar-refractivity contribution in [3.8, 4) is 17.0 Å². The standard InChI is InChI=1S/C14H15N3O4/c1-20-10-5-3-9(4-6-10)11-7-12(17-16-11)14(19)15-8-13(18)21-2/h3-7H,8H2,1-2H3,(H,15,19)(H,16,17). The molecule has 1 heterocycles. The molecule has 0 atom stereocenters. The van der Waals surface area contributed by atoms with Gasteiger partial charge in [0.05, 0.1) is 19.9 Å². The van der Waals surface area contributed by atoms with E-state index in [0.29, 0.717) is 5.69 Å². The first-order chi connectivity index (χ1) is 10.1. The topological polar surface area (TPSA) is 93.3 Å². The lowest BCUT2D eigenvalue weighted by atomic mass is 10.1. The number of aromatic nitrogens is 2. The van der Waals surface area contributed by atoms with Gasteiger partial charge in [-0.05, 0) is 30.3 Å². The van der Waals surface area contributed by atoms with Crippen LogP contribution in [-0.2, 0) is 9.53 Å². The van der Waals surface area contributed by atoms with Crippen LogP contribution < -0.4 is 10.1 Å². The molecule has 0 aliphatic carbocycles. The smallest absolute Gasteiger partial charge is 0.325 e. The van der Waals surface area contributed by atoms with Crippen molar-refractivity contribution in [3.63, 3.8) is 0 Å². The van der Waals surface area contributed by atoms with Crippen LogP contribution in [0.5, 0.6) is 5.75 Å². The predicted octanol–water partition coefficient (Wildman–Crippen LogP) is 0.988. The Morgan fingerprint density at radius 2 is 1.95 bits per heavy atom. The summed E-state index contributed by atoms with van der Waals surface area (Å²) in [5, 5.41) is 9.12. The number of ether oxygens (including phenoxy) is 2. The van der Waals surface area contributed by atoms with Crippen LogP contribution in [0, 0.1) is 0 Å². The molecule has 2 N–H and O–H groups in total. The Bertz CT molecular complexity index is 634. The fourth-order valence-corrected chi connectivity index (χ4v) is 1.67. The number of nitrogens with one attached hydrogen (secondary N) is 2. The third-order valence-corrected chi connectivity index (χ3v) is 2.83. The van der Waals surface area contributed by atoms with Crippen LogP contribution >= 0.6 is 0 Å². The number of methoxy groups -OCH3 is 2. The Morgan fingerprint density at radius 3 is 2.57 bits per heavy atom. The first kappa shape index (κ1) is 14.6. The van der Waals surface area contributed by atoms with Crippen LogP contribution in [0.15, 0.2) is 30.3 Å². The molecule has 0 aliphatic heterocycles. The highest BCUT2D eigenvalue weighted by Gasteiger charge is 2.12. The zero-order valence-electron chi connectivity index (χ0n) is 11.7. The molecule has 0 fully saturated rings. The number of H-pyrrole nitrogens is 1. The van der Waals surface area contributed by atoms with Gasteiger partial charge in [0.25, 0.3) is 5.91 Å². The van der Waals surface area contributed by atoms with E-state index in [-0.39, 0.29) is 12.2 Å². The van der Waals surface area contributed by atoms with Crippen LogP contribution in [0.4, 0.5) is 0 Å². The molecule has 0 unspecified atom stereocenters. The molecule has 1 amide bonds. The molecule has 1 aromatic heterocycles. The molecular formula is C14H15N3O4. The summed E-state index contributed by atoms with van der Waals surface area (Å²) < 4.78 is 9.52. The molecule has 2 aromatic rings. The highest BCUT2D eigenvalue weighted by atomic mass is 16.5. The fourth-order valence-electron chi connectivity index (χ4n) is 1.67. The Kier molecular flexibility index (Phi) is 4.55. The second-order valence-electron chi connectivity index (χ2n) is 4.15. The number of carbonyl (C=O) groups excluding carboxylic acids is 2. The number of hydrogen-bond acceptors (Lipinski definition) is 5. The summed E-state index contributed by atoms with van der Waals surface area (Å²) in [5.74, 6) is -0.198. The minimum absolute atomic E-state index is 0.188. The number of carbonyl (C=O) groups is 2. The lowest BCUT2D eigenvalue weighted by Gasteiger charge is -2.01. The SMILES string of the molecule is COC(=O)CNC(=O)c1cc(-c2ccc(OC)cc2)n[nH]1. The quantitative estimate of drug-likeness (QED) is 0.801. The van der Waals surface area contributed by atoms with E-state index >= 15 is 0 Å². The average Bonchev–Trinajstić information content (AvgIpc) is 3.02. The van der Waals surface area contributed by atoms with E-state index < -0.39 is 11.9 Å². The molecule has 7 nitrogen and oxygen atoms in total. The van der Waals surface area contributed by atoms with Crippen LogP contribution in [0.25, 0.3) is 11.3 Å². The van der Waals surface area contributed by atoms with Crippen LogP contribution in [-0.4, -0.2) is 42.8 Å². The molecule has 1 aromatic carbocycles. The number of nitrogens with zero attached hydrogens (tertiary/aromatic N) is 1. The van der Waals surface area contributed by atoms with Gasteiger partial charge in [0.2, 0.25) is 0 Å². The molecular weight excluding hydrogens is 274 g/mol. The summed E-state index contributed by atoms with van der Waals surface area (Å²) >= 11 is 0. The second kappa shape index (κ2) is 6.56. The van der Waals surface area contributed by atoms with Gasteiger partial charge in [0.1, 0.15) is 18.0 Å². The van der Waals surface area contributed by atoms with Gasteiger partial charge >= 0.3 is 5.97 Å². The van der Waals surface area contributed by atoms with Gasteiger partial charge in [0.15, 0.2) is 0 Å². The van der Waals surface area contributed by atoms with Crippen LogP contribution in [0.3, 0.4) is 0 Å². The van der Waals surface area contributed by atoms with Crippen molar-refractivity contribution >= 4 is 11.9 Å². The highest BCUT2D eigenvalue weighted by molar-refractivity contribution is 5.95. The fraction of sp³-hybridized carbons (Fsp3) is 0.214. The molecule has 7 heteroatoms. The summed E-state index contributed by atoms with van der Waals surface area (Å²) in [7, 11) is 2.85. The highest BCUT2D eigenvalue weighted by Crippen LogP contribution is 2.20. The maximum atomic E-state index is 11.8. The van der Waals surface area contributed by atoms with E-state index in [2.05, 4.69) is 20.3 Å². The Labute approximate surface area is 121 Å². The number of rotatable bonds is 5. The molecule has 0 saturated heterocycles. The van der Waals surface area contributed by atoms with Gasteiger partial charge in [0, 0.05) is 5.56 Å². The van der Waals surface area contributed by atoms with Gasteiger partial charge in [-0.1, -0.05) is 0 Å². The third-order valence-electron chi connectivity index (χ3n) is 2.83. The lowest BCUT2D eigenvalue weighted by Crippen LogP contribution is -2.30. The third kappa shape index (κ3) is 3.59. The van der Waals surface area contributed by atoms with Crippen molar-refractivity contribution < 1.29 is 19.1 Å². The van der Waals surface area contributed by atoms with Gasteiger partial charge in [-0.2, -0.15) is 5.10 Å². The molecule has 110 valence electrons. The van der Waals surface area contributed by atoms with E-state index in [1.807, 2.05) is 12.1 Å². The molecule has 21 heavy (non-hydrogen) atoms. The van der Waals surface area contributed by atoms with Crippen molar-refractivity contribution in [1.29, 1.82) is 0 Å². The molecule has 0 spiro atoms. The molecule has 0 aliphatic rings. The first-order valence-corrected chi connectivity index (χ1v) is 6.19. The van der Waals surface area contributed by atoms with E-state index in [0.717, 1.165) is 11.3 Å². The normalized spacial score (nSPS) is 10.0. The second-order valence-corrected chi connectivity index (χ2v) is 4.15. The number of hydrogen-bond donors (Lipinski definition) is 2. The van der Waals surface area contributed by atoms with E-state index in [1.165, 1.54) is 7.11 Å². The Balaban J connectivity index is 2.06. The van der Waals surface area contributed by atoms with Crippen molar-refractivity contribution in [2.24, 2.45) is 0 Å². The van der Waals surface area contributed by atoms with Gasteiger partial charge in [-0.15, -0.1) is 0 Å². The average molecular weight is 289 g/mol. The van der Waals surface area contributed by atoms with Crippen molar-refractivity contribution in [1.82, 2.24) is 15.5 Å². The molecule has 2 rings (SSSR count). The van der Waals surface area contributed by atoms with Crippen molar-refractivity contribution in [2.75, 3.05) is 20.8 Å². The Hall–Kier alpha value is -2.83. The summed E-state index contributed by atoms with van der Waals surface area (Å²) in [4.78, 5) is 22.8. The Morgan fingerprint density at radius 1 is 1.24 bits per heavy atom. The van der Waals surface area contributed by atoms with E-state index in [4.69, 9.17) is 4.74 Å². The monoisotopic (exact) mass is 289 g/mol.